The molecule has 1 aromatic rings. The highest BCUT2D eigenvalue weighted by Crippen LogP contribution is 2.37. The first-order valence-corrected chi connectivity index (χ1v) is 7.57. The maximum atomic E-state index is 12.2. The van der Waals surface area contributed by atoms with E-state index in [1.165, 1.54) is 11.3 Å². The van der Waals surface area contributed by atoms with Gasteiger partial charge in [-0.25, -0.2) is 4.98 Å². The van der Waals surface area contributed by atoms with Gasteiger partial charge in [0.2, 0.25) is 5.91 Å². The Kier molecular flexibility index (Phi) is 3.26. The fourth-order valence-electron chi connectivity index (χ4n) is 2.93. The monoisotopic (exact) mass is 279 g/mol. The van der Waals surface area contributed by atoms with Gasteiger partial charge in [0.05, 0.1) is 5.51 Å². The number of hydrogen-bond acceptors (Lipinski definition) is 4. The number of nitrogens with zero attached hydrogens (tertiary/aromatic N) is 2. The number of piperidine rings is 2. The largest absolute Gasteiger partial charge is 0.356 e. The standard InChI is InChI=1S/C13H17N3O2S/c17-11-1-2-13(8-14-11)3-5-16(6-4-13)12(18)10-7-19-9-15-10/h7,9H,1-6,8H2,(H,14,17). The molecule has 3 heterocycles. The zero-order valence-corrected chi connectivity index (χ0v) is 11.5. The van der Waals surface area contributed by atoms with Crippen molar-refractivity contribution in [2.45, 2.75) is 25.7 Å². The maximum Gasteiger partial charge on any atom is 0.273 e. The van der Waals surface area contributed by atoms with Crippen LogP contribution in [0.1, 0.15) is 36.2 Å². The number of likely N-dealkylation sites (tertiary alicyclic amines) is 1. The maximum absolute atomic E-state index is 12.2. The van der Waals surface area contributed by atoms with Crippen molar-refractivity contribution < 1.29 is 9.59 Å². The summed E-state index contributed by atoms with van der Waals surface area (Å²) < 4.78 is 0. The topological polar surface area (TPSA) is 62.3 Å². The molecule has 102 valence electrons. The van der Waals surface area contributed by atoms with Crippen LogP contribution in [-0.4, -0.2) is 41.3 Å². The molecule has 0 saturated carbocycles. The highest BCUT2D eigenvalue weighted by Gasteiger charge is 2.38. The number of aromatic nitrogens is 1. The molecule has 0 radical (unpaired) electrons. The van der Waals surface area contributed by atoms with E-state index in [4.69, 9.17) is 0 Å². The third kappa shape index (κ3) is 2.49. The summed E-state index contributed by atoms with van der Waals surface area (Å²) in [5, 5.41) is 4.76. The Morgan fingerprint density at radius 3 is 2.74 bits per heavy atom. The van der Waals surface area contributed by atoms with Gasteiger partial charge < -0.3 is 10.2 Å². The summed E-state index contributed by atoms with van der Waals surface area (Å²) in [5.74, 6) is 0.197. The lowest BCUT2D eigenvalue weighted by Crippen LogP contribution is -2.50. The van der Waals surface area contributed by atoms with Crippen molar-refractivity contribution in [1.82, 2.24) is 15.2 Å². The van der Waals surface area contributed by atoms with E-state index in [0.29, 0.717) is 12.1 Å². The third-order valence-corrected chi connectivity index (χ3v) is 4.89. The number of carbonyl (C=O) groups excluding carboxylic acids is 2. The fraction of sp³-hybridized carbons (Fsp3) is 0.615. The van der Waals surface area contributed by atoms with Crippen molar-refractivity contribution in [3.8, 4) is 0 Å². The molecule has 2 amide bonds. The predicted octanol–water partition coefficient (Wildman–Crippen LogP) is 1.28. The molecule has 6 heteroatoms. The molecule has 1 aromatic heterocycles. The van der Waals surface area contributed by atoms with Gasteiger partial charge in [-0.2, -0.15) is 0 Å². The molecular formula is C13H17N3O2S. The minimum Gasteiger partial charge on any atom is -0.356 e. The van der Waals surface area contributed by atoms with Crippen LogP contribution in [0.3, 0.4) is 0 Å². The van der Waals surface area contributed by atoms with Gasteiger partial charge in [-0.15, -0.1) is 11.3 Å². The molecule has 0 aromatic carbocycles. The van der Waals surface area contributed by atoms with Gasteiger partial charge in [-0.05, 0) is 24.7 Å². The zero-order valence-electron chi connectivity index (χ0n) is 10.7. The van der Waals surface area contributed by atoms with Crippen LogP contribution in [0.15, 0.2) is 10.9 Å². The van der Waals surface area contributed by atoms with Gasteiger partial charge in [0, 0.05) is 31.4 Å². The van der Waals surface area contributed by atoms with Gasteiger partial charge in [-0.1, -0.05) is 0 Å². The number of nitrogens with one attached hydrogen (secondary N) is 1. The van der Waals surface area contributed by atoms with Gasteiger partial charge in [0.25, 0.3) is 5.91 Å². The summed E-state index contributed by atoms with van der Waals surface area (Å²) in [6, 6.07) is 0. The van der Waals surface area contributed by atoms with Crippen LogP contribution in [0.4, 0.5) is 0 Å². The Morgan fingerprint density at radius 1 is 1.37 bits per heavy atom. The van der Waals surface area contributed by atoms with E-state index in [-0.39, 0.29) is 17.2 Å². The highest BCUT2D eigenvalue weighted by molar-refractivity contribution is 7.07. The average Bonchev–Trinajstić information content (AvgIpc) is 2.97. The van der Waals surface area contributed by atoms with Crippen LogP contribution in [0.2, 0.25) is 0 Å². The van der Waals surface area contributed by atoms with Crippen molar-refractivity contribution in [3.63, 3.8) is 0 Å². The van der Waals surface area contributed by atoms with Crippen molar-refractivity contribution in [2.75, 3.05) is 19.6 Å². The van der Waals surface area contributed by atoms with Gasteiger partial charge in [0.1, 0.15) is 5.69 Å². The van der Waals surface area contributed by atoms with E-state index in [9.17, 15) is 9.59 Å². The number of rotatable bonds is 1. The summed E-state index contributed by atoms with van der Waals surface area (Å²) in [4.78, 5) is 29.4. The molecule has 19 heavy (non-hydrogen) atoms. The first-order chi connectivity index (χ1) is 9.19. The van der Waals surface area contributed by atoms with Crippen LogP contribution in [0.5, 0.6) is 0 Å². The lowest BCUT2D eigenvalue weighted by Gasteiger charge is -2.43. The Morgan fingerprint density at radius 2 is 2.16 bits per heavy atom. The van der Waals surface area contributed by atoms with Gasteiger partial charge in [0.15, 0.2) is 0 Å². The summed E-state index contributed by atoms with van der Waals surface area (Å²) >= 11 is 1.45. The Balaban J connectivity index is 1.60. The van der Waals surface area contributed by atoms with E-state index in [0.717, 1.165) is 38.9 Å². The molecular weight excluding hydrogens is 262 g/mol. The summed E-state index contributed by atoms with van der Waals surface area (Å²) in [6.07, 6.45) is 3.53. The SMILES string of the molecule is O=C1CCC2(CCN(C(=O)c3cscn3)CC2)CN1. The first-order valence-electron chi connectivity index (χ1n) is 6.63. The molecule has 2 fully saturated rings. The Labute approximate surface area is 116 Å². The number of carbonyl (C=O) groups is 2. The minimum atomic E-state index is 0.0379. The molecule has 0 unspecified atom stereocenters. The Hall–Kier alpha value is -1.43. The van der Waals surface area contributed by atoms with Crippen LogP contribution >= 0.6 is 11.3 Å². The molecule has 0 bridgehead atoms. The second-order valence-electron chi connectivity index (χ2n) is 5.44. The average molecular weight is 279 g/mol. The van der Waals surface area contributed by atoms with E-state index in [1.54, 1.807) is 10.9 Å². The third-order valence-electron chi connectivity index (χ3n) is 4.31. The highest BCUT2D eigenvalue weighted by atomic mass is 32.1. The number of hydrogen-bond donors (Lipinski definition) is 1. The van der Waals surface area contributed by atoms with Crippen LogP contribution in [-0.2, 0) is 4.79 Å². The zero-order chi connectivity index (χ0) is 13.3. The van der Waals surface area contributed by atoms with Gasteiger partial charge >= 0.3 is 0 Å². The second-order valence-corrected chi connectivity index (χ2v) is 6.16. The fourth-order valence-corrected chi connectivity index (χ4v) is 3.46. The van der Waals surface area contributed by atoms with Crippen LogP contribution in [0.25, 0.3) is 0 Å². The van der Waals surface area contributed by atoms with E-state index >= 15 is 0 Å². The molecule has 0 aliphatic carbocycles. The number of amides is 2. The summed E-state index contributed by atoms with van der Waals surface area (Å²) in [6.45, 7) is 2.31. The number of thiazole rings is 1. The summed E-state index contributed by atoms with van der Waals surface area (Å²) in [7, 11) is 0. The van der Waals surface area contributed by atoms with Crippen LogP contribution in [0, 0.1) is 5.41 Å². The second kappa shape index (κ2) is 4.92. The molecule has 3 rings (SSSR count). The van der Waals surface area contributed by atoms with E-state index < -0.39 is 0 Å². The van der Waals surface area contributed by atoms with Crippen molar-refractivity contribution in [3.05, 3.63) is 16.6 Å². The molecule has 2 saturated heterocycles. The van der Waals surface area contributed by atoms with Crippen molar-refractivity contribution in [1.29, 1.82) is 0 Å². The smallest absolute Gasteiger partial charge is 0.273 e. The first kappa shape index (κ1) is 12.6. The molecule has 5 nitrogen and oxygen atoms in total. The Bertz CT molecular complexity index is 466. The molecule has 2 aliphatic heterocycles. The molecule has 2 aliphatic rings. The van der Waals surface area contributed by atoms with E-state index in [2.05, 4.69) is 10.3 Å². The lowest BCUT2D eigenvalue weighted by atomic mass is 9.73. The lowest BCUT2D eigenvalue weighted by molar-refractivity contribution is -0.125. The molecule has 1 spiro atoms. The molecule has 0 atom stereocenters. The summed E-state index contributed by atoms with van der Waals surface area (Å²) in [5.41, 5.74) is 2.46. The molecule has 1 N–H and O–H groups in total. The normalized spacial score (nSPS) is 22.3. The minimum absolute atomic E-state index is 0.0379. The van der Waals surface area contributed by atoms with Gasteiger partial charge in [-0.3, -0.25) is 9.59 Å². The van der Waals surface area contributed by atoms with Crippen molar-refractivity contribution in [2.24, 2.45) is 5.41 Å². The van der Waals surface area contributed by atoms with Crippen LogP contribution < -0.4 is 5.32 Å². The predicted molar refractivity (Wildman–Crippen MR) is 71.9 cm³/mol. The van der Waals surface area contributed by atoms with Crippen molar-refractivity contribution >= 4 is 23.2 Å². The quantitative estimate of drug-likeness (QED) is 0.842. The van der Waals surface area contributed by atoms with E-state index in [1.807, 2.05) is 4.90 Å².